The number of hydrogen-bond acceptors (Lipinski definition) is 6. The summed E-state index contributed by atoms with van der Waals surface area (Å²) in [7, 11) is 0. The predicted molar refractivity (Wildman–Crippen MR) is 169 cm³/mol. The number of piperazine rings is 1. The summed E-state index contributed by atoms with van der Waals surface area (Å²) in [4.78, 5) is 27.9. The summed E-state index contributed by atoms with van der Waals surface area (Å²) in [6.07, 6.45) is 5.95. The molecule has 1 aromatic heterocycles. The second kappa shape index (κ2) is 11.6. The normalized spacial score (nSPS) is 25.3. The van der Waals surface area contributed by atoms with Crippen LogP contribution in [0.2, 0.25) is 5.02 Å². The fourth-order valence-corrected chi connectivity index (χ4v) is 8.18. The van der Waals surface area contributed by atoms with Crippen LogP contribution >= 0.6 is 11.6 Å². The van der Waals surface area contributed by atoms with Gasteiger partial charge in [-0.25, -0.2) is 8.78 Å². The maximum atomic E-state index is 14.5. The van der Waals surface area contributed by atoms with Crippen LogP contribution in [-0.4, -0.2) is 82.8 Å². The minimum atomic E-state index is -0.959. The van der Waals surface area contributed by atoms with E-state index in [1.807, 2.05) is 19.1 Å². The van der Waals surface area contributed by atoms with E-state index in [1.54, 1.807) is 0 Å². The number of hydrogen-bond donors (Lipinski definition) is 0. The van der Waals surface area contributed by atoms with Gasteiger partial charge in [0.05, 0.1) is 11.1 Å². The highest BCUT2D eigenvalue weighted by atomic mass is 35.5. The zero-order valence-corrected chi connectivity index (χ0v) is 25.9. The van der Waals surface area contributed by atoms with Gasteiger partial charge in [-0.15, -0.1) is 0 Å². The average molecular weight is 622 g/mol. The van der Waals surface area contributed by atoms with Crippen molar-refractivity contribution < 1.29 is 18.3 Å². The molecule has 232 valence electrons. The zero-order valence-electron chi connectivity index (χ0n) is 25.1. The van der Waals surface area contributed by atoms with Crippen molar-refractivity contribution in [1.29, 1.82) is 0 Å². The summed E-state index contributed by atoms with van der Waals surface area (Å²) in [5.74, 6) is -0.989. The molecular formula is C34H38ClF2N5O2. The lowest BCUT2D eigenvalue weighted by Crippen LogP contribution is -2.54. The first-order valence-corrected chi connectivity index (χ1v) is 16.1. The molecule has 3 saturated heterocycles. The van der Waals surface area contributed by atoms with Gasteiger partial charge in [0.25, 0.3) is 5.91 Å². The Bertz CT molecular complexity index is 1630. The van der Waals surface area contributed by atoms with E-state index in [-0.39, 0.29) is 17.6 Å². The van der Waals surface area contributed by atoms with Gasteiger partial charge in [0.1, 0.15) is 18.6 Å². The molecule has 44 heavy (non-hydrogen) atoms. The lowest BCUT2D eigenvalue weighted by Gasteiger charge is -2.40. The largest absolute Gasteiger partial charge is 0.461 e. The third-order valence-corrected chi connectivity index (χ3v) is 10.4. The number of halogens is 3. The summed E-state index contributed by atoms with van der Waals surface area (Å²) in [5.41, 5.74) is 5.14. The van der Waals surface area contributed by atoms with Crippen molar-refractivity contribution in [3.8, 4) is 17.1 Å². The Labute approximate surface area is 261 Å². The van der Waals surface area contributed by atoms with Crippen LogP contribution in [0.15, 0.2) is 42.7 Å². The second-order valence-corrected chi connectivity index (χ2v) is 13.3. The van der Waals surface area contributed by atoms with Gasteiger partial charge in [0.15, 0.2) is 5.83 Å². The Morgan fingerprint density at radius 3 is 2.77 bits per heavy atom. The minimum Gasteiger partial charge on any atom is -0.461 e. The van der Waals surface area contributed by atoms with Crippen molar-refractivity contribution in [2.24, 2.45) is 0 Å². The molecular weight excluding hydrogens is 584 g/mol. The first kappa shape index (κ1) is 29.4. The lowest BCUT2D eigenvalue weighted by atomic mass is 9.86. The van der Waals surface area contributed by atoms with Crippen molar-refractivity contribution in [2.45, 2.75) is 69.6 Å². The van der Waals surface area contributed by atoms with Crippen LogP contribution in [0.5, 0.6) is 6.01 Å². The topological polar surface area (TPSA) is 61.8 Å². The molecule has 4 heterocycles. The van der Waals surface area contributed by atoms with Gasteiger partial charge in [-0.1, -0.05) is 36.4 Å². The first-order valence-electron chi connectivity index (χ1n) is 15.8. The third kappa shape index (κ3) is 5.21. The molecule has 2 aromatic carbocycles. The van der Waals surface area contributed by atoms with Crippen LogP contribution in [0.4, 0.5) is 14.6 Å². The molecule has 0 N–H and O–H groups in total. The van der Waals surface area contributed by atoms with E-state index in [4.69, 9.17) is 26.3 Å². The number of fused-ring (bicyclic) bond motifs is 3. The van der Waals surface area contributed by atoms with E-state index in [0.717, 1.165) is 55.2 Å². The van der Waals surface area contributed by atoms with Crippen molar-refractivity contribution in [1.82, 2.24) is 19.8 Å². The number of rotatable bonds is 6. The van der Waals surface area contributed by atoms with Gasteiger partial charge >= 0.3 is 6.01 Å². The quantitative estimate of drug-likeness (QED) is 0.301. The number of nitrogens with zero attached hydrogens (tertiary/aromatic N) is 5. The highest BCUT2D eigenvalue weighted by Crippen LogP contribution is 2.42. The molecule has 1 aliphatic carbocycles. The van der Waals surface area contributed by atoms with E-state index >= 15 is 0 Å². The SMILES string of the molecule is C=C(F)C(=O)N1CCN(c2nc(OC[C@@]34CCCN3C[C@H](F)C4)nc3cc(-c4cccc5c4CCCC5)c(Cl)cc23)[C@@H](C)C1. The number of ether oxygens (including phenoxy) is 1. The van der Waals surface area contributed by atoms with Crippen molar-refractivity contribution in [3.05, 3.63) is 58.9 Å². The highest BCUT2D eigenvalue weighted by molar-refractivity contribution is 6.34. The Hall–Kier alpha value is -3.30. The molecule has 0 spiro atoms. The van der Waals surface area contributed by atoms with Crippen LogP contribution in [0.1, 0.15) is 50.2 Å². The molecule has 3 atom stereocenters. The van der Waals surface area contributed by atoms with Crippen molar-refractivity contribution in [2.75, 3.05) is 44.2 Å². The summed E-state index contributed by atoms with van der Waals surface area (Å²) in [6, 6.07) is 10.5. The Morgan fingerprint density at radius 1 is 1.11 bits per heavy atom. The monoisotopic (exact) mass is 621 g/mol. The molecule has 7 nitrogen and oxygen atoms in total. The highest BCUT2D eigenvalue weighted by Gasteiger charge is 2.49. The average Bonchev–Trinajstić information content (AvgIpc) is 3.54. The third-order valence-electron chi connectivity index (χ3n) is 10.1. The maximum Gasteiger partial charge on any atom is 0.319 e. The first-order chi connectivity index (χ1) is 21.2. The molecule has 0 radical (unpaired) electrons. The summed E-state index contributed by atoms with van der Waals surface area (Å²) in [5, 5.41) is 1.40. The molecule has 0 unspecified atom stereocenters. The zero-order chi connectivity index (χ0) is 30.6. The van der Waals surface area contributed by atoms with Gasteiger partial charge < -0.3 is 14.5 Å². The summed E-state index contributed by atoms with van der Waals surface area (Å²) < 4.78 is 34.5. The molecule has 0 saturated carbocycles. The molecule has 3 aromatic rings. The minimum absolute atomic E-state index is 0.163. The number of aryl methyl sites for hydroxylation is 1. The smallest absolute Gasteiger partial charge is 0.319 e. The molecule has 7 rings (SSSR count). The number of alkyl halides is 1. The molecule has 4 aliphatic rings. The van der Waals surface area contributed by atoms with E-state index < -0.39 is 17.9 Å². The predicted octanol–water partition coefficient (Wildman–Crippen LogP) is 6.30. The Balaban J connectivity index is 1.29. The van der Waals surface area contributed by atoms with Crippen LogP contribution < -0.4 is 9.64 Å². The number of amides is 1. The van der Waals surface area contributed by atoms with Gasteiger partial charge in [-0.05, 0) is 80.8 Å². The van der Waals surface area contributed by atoms with Crippen LogP contribution in [0, 0.1) is 0 Å². The second-order valence-electron chi connectivity index (χ2n) is 12.9. The number of benzene rings is 2. The van der Waals surface area contributed by atoms with E-state index in [2.05, 4.69) is 34.6 Å². The molecule has 3 fully saturated rings. The van der Waals surface area contributed by atoms with Crippen LogP contribution in [-0.2, 0) is 17.6 Å². The van der Waals surface area contributed by atoms with Crippen LogP contribution in [0.3, 0.4) is 0 Å². The number of carbonyl (C=O) groups is 1. The van der Waals surface area contributed by atoms with Gasteiger partial charge in [0, 0.05) is 54.6 Å². The molecule has 1 amide bonds. The number of carbonyl (C=O) groups excluding carboxylic acids is 1. The maximum absolute atomic E-state index is 14.5. The Morgan fingerprint density at radius 2 is 1.95 bits per heavy atom. The fraction of sp³-hybridized carbons (Fsp3) is 0.500. The molecule has 0 bridgehead atoms. The fourth-order valence-electron chi connectivity index (χ4n) is 7.91. The standard InChI is InChI=1S/C34H38ClF2N5O2/c1-21-18-40(32(43)22(2)36)13-14-42(21)31-28-15-29(35)27(26-10-5-8-23-7-3-4-9-25(23)26)16-30(28)38-33(39-31)44-20-34-11-6-12-41(34)19-24(37)17-34/h5,8,10,15-16,21,24H,2-4,6-7,9,11-14,17-20H2,1H3/t21-,24+,34-/m0/s1. The van der Waals surface area contributed by atoms with E-state index in [0.29, 0.717) is 55.6 Å². The molecule has 10 heteroatoms. The van der Waals surface area contributed by atoms with E-state index in [1.165, 1.54) is 22.4 Å². The van der Waals surface area contributed by atoms with Crippen molar-refractivity contribution in [3.63, 3.8) is 0 Å². The lowest BCUT2D eigenvalue weighted by molar-refractivity contribution is -0.129. The summed E-state index contributed by atoms with van der Waals surface area (Å²) in [6.45, 7) is 7.90. The Kier molecular flexibility index (Phi) is 7.73. The van der Waals surface area contributed by atoms with Crippen molar-refractivity contribution >= 4 is 34.2 Å². The van der Waals surface area contributed by atoms with Gasteiger partial charge in [-0.2, -0.15) is 9.97 Å². The van der Waals surface area contributed by atoms with E-state index in [9.17, 15) is 13.6 Å². The summed E-state index contributed by atoms with van der Waals surface area (Å²) >= 11 is 7.04. The molecule has 3 aliphatic heterocycles. The number of aromatic nitrogens is 2. The van der Waals surface area contributed by atoms with Gasteiger partial charge in [-0.3, -0.25) is 9.69 Å². The van der Waals surface area contributed by atoms with Gasteiger partial charge in [0.2, 0.25) is 0 Å². The van der Waals surface area contributed by atoms with Crippen LogP contribution in [0.25, 0.3) is 22.0 Å². The number of anilines is 1.